The first-order valence-electron chi connectivity index (χ1n) is 5.91. The molecule has 0 atom stereocenters. The molecule has 1 aromatic rings. The van der Waals surface area contributed by atoms with Crippen molar-refractivity contribution in [3.63, 3.8) is 0 Å². The Morgan fingerprint density at radius 3 is 2.37 bits per heavy atom. The zero-order valence-corrected chi connectivity index (χ0v) is 12.8. The van der Waals surface area contributed by atoms with Crippen molar-refractivity contribution in [1.82, 2.24) is 4.31 Å². The van der Waals surface area contributed by atoms with Crippen LogP contribution in [0.4, 0.5) is 0 Å². The minimum Gasteiger partial charge on any atom is -0.496 e. The SMILES string of the molecule is COc1ccc(S(=O)(=O)N(C)CC(C)(C)O)cc1C. The summed E-state index contributed by atoms with van der Waals surface area (Å²) in [5.74, 6) is 0.643. The van der Waals surface area contributed by atoms with E-state index in [4.69, 9.17) is 4.74 Å². The maximum Gasteiger partial charge on any atom is 0.242 e. The lowest BCUT2D eigenvalue weighted by Crippen LogP contribution is -2.39. The van der Waals surface area contributed by atoms with Crippen LogP contribution in [0.3, 0.4) is 0 Å². The highest BCUT2D eigenvalue weighted by molar-refractivity contribution is 7.89. The maximum atomic E-state index is 12.3. The fraction of sp³-hybridized carbons (Fsp3) is 0.538. The van der Waals surface area contributed by atoms with E-state index >= 15 is 0 Å². The predicted octanol–water partition coefficient (Wildman–Crippen LogP) is 1.40. The Labute approximate surface area is 114 Å². The second-order valence-electron chi connectivity index (χ2n) is 5.20. The molecule has 1 aromatic carbocycles. The van der Waals surface area contributed by atoms with Gasteiger partial charge in [0.25, 0.3) is 0 Å². The van der Waals surface area contributed by atoms with Crippen LogP contribution in [0.25, 0.3) is 0 Å². The number of rotatable bonds is 5. The van der Waals surface area contributed by atoms with Crippen LogP contribution in [0, 0.1) is 6.92 Å². The monoisotopic (exact) mass is 287 g/mol. The lowest BCUT2D eigenvalue weighted by Gasteiger charge is -2.25. The van der Waals surface area contributed by atoms with Crippen molar-refractivity contribution in [2.75, 3.05) is 20.7 Å². The van der Waals surface area contributed by atoms with Gasteiger partial charge in [-0.15, -0.1) is 0 Å². The van der Waals surface area contributed by atoms with Crippen LogP contribution >= 0.6 is 0 Å². The lowest BCUT2D eigenvalue weighted by atomic mass is 10.1. The highest BCUT2D eigenvalue weighted by Crippen LogP contribution is 2.23. The summed E-state index contributed by atoms with van der Waals surface area (Å²) in [5.41, 5.74) is -0.330. The third-order valence-electron chi connectivity index (χ3n) is 2.68. The van der Waals surface area contributed by atoms with E-state index in [9.17, 15) is 13.5 Å². The van der Waals surface area contributed by atoms with Gasteiger partial charge in [-0.05, 0) is 44.5 Å². The Kier molecular flexibility index (Phi) is 4.60. The van der Waals surface area contributed by atoms with E-state index < -0.39 is 15.6 Å². The van der Waals surface area contributed by atoms with Crippen molar-refractivity contribution in [3.8, 4) is 5.75 Å². The van der Waals surface area contributed by atoms with Crippen LogP contribution < -0.4 is 4.74 Å². The number of benzene rings is 1. The Morgan fingerprint density at radius 2 is 1.95 bits per heavy atom. The topological polar surface area (TPSA) is 66.8 Å². The van der Waals surface area contributed by atoms with Gasteiger partial charge in [-0.1, -0.05) is 0 Å². The second kappa shape index (κ2) is 5.48. The van der Waals surface area contributed by atoms with Gasteiger partial charge in [-0.2, -0.15) is 4.31 Å². The summed E-state index contributed by atoms with van der Waals surface area (Å²) in [5, 5.41) is 9.71. The Balaban J connectivity index is 3.10. The lowest BCUT2D eigenvalue weighted by molar-refractivity contribution is 0.0640. The molecule has 0 bridgehead atoms. The summed E-state index contributed by atoms with van der Waals surface area (Å²) in [6.45, 7) is 4.95. The highest BCUT2D eigenvalue weighted by atomic mass is 32.2. The number of aryl methyl sites for hydroxylation is 1. The molecule has 0 spiro atoms. The van der Waals surface area contributed by atoms with Crippen molar-refractivity contribution in [1.29, 1.82) is 0 Å². The summed E-state index contributed by atoms with van der Waals surface area (Å²) in [4.78, 5) is 0.192. The van der Waals surface area contributed by atoms with Crippen molar-refractivity contribution in [2.45, 2.75) is 31.3 Å². The first-order chi connectivity index (χ1) is 8.58. The average Bonchev–Trinajstić information content (AvgIpc) is 2.26. The number of likely N-dealkylation sites (N-methyl/N-ethyl adjacent to an activating group) is 1. The van der Waals surface area contributed by atoms with Crippen molar-refractivity contribution in [2.24, 2.45) is 0 Å². The quantitative estimate of drug-likeness (QED) is 0.889. The summed E-state index contributed by atoms with van der Waals surface area (Å²) in [7, 11) is -0.612. The molecule has 108 valence electrons. The van der Waals surface area contributed by atoms with Crippen molar-refractivity contribution < 1.29 is 18.3 Å². The molecule has 0 heterocycles. The molecule has 0 amide bonds. The molecule has 0 saturated carbocycles. The first-order valence-corrected chi connectivity index (χ1v) is 7.35. The van der Waals surface area contributed by atoms with Crippen molar-refractivity contribution in [3.05, 3.63) is 23.8 Å². The molecule has 0 aliphatic carbocycles. The van der Waals surface area contributed by atoms with E-state index in [1.165, 1.54) is 20.2 Å². The number of aliphatic hydroxyl groups is 1. The van der Waals surface area contributed by atoms with Crippen LogP contribution in [0.2, 0.25) is 0 Å². The largest absolute Gasteiger partial charge is 0.496 e. The van der Waals surface area contributed by atoms with Gasteiger partial charge in [-0.3, -0.25) is 0 Å². The van der Waals surface area contributed by atoms with Crippen LogP contribution in [0.1, 0.15) is 19.4 Å². The molecule has 1 N–H and O–H groups in total. The Hall–Kier alpha value is -1.11. The normalized spacial score (nSPS) is 12.8. The third kappa shape index (κ3) is 3.92. The van der Waals surface area contributed by atoms with Gasteiger partial charge in [0.15, 0.2) is 0 Å². The Bertz CT molecular complexity index is 546. The molecular formula is C13H21NO4S. The average molecular weight is 287 g/mol. The fourth-order valence-corrected chi connectivity index (χ4v) is 3.23. The van der Waals surface area contributed by atoms with E-state index in [1.54, 1.807) is 32.9 Å². The van der Waals surface area contributed by atoms with E-state index in [0.717, 1.165) is 9.87 Å². The van der Waals surface area contributed by atoms with Crippen LogP contribution in [-0.4, -0.2) is 44.1 Å². The number of methoxy groups -OCH3 is 1. The van der Waals surface area contributed by atoms with Crippen LogP contribution in [0.15, 0.2) is 23.1 Å². The molecule has 19 heavy (non-hydrogen) atoms. The summed E-state index contributed by atoms with van der Waals surface area (Å²) < 4.78 is 30.9. The zero-order chi connectivity index (χ0) is 14.8. The van der Waals surface area contributed by atoms with Gasteiger partial charge < -0.3 is 9.84 Å². The maximum absolute atomic E-state index is 12.3. The molecule has 5 nitrogen and oxygen atoms in total. The highest BCUT2D eigenvalue weighted by Gasteiger charge is 2.26. The van der Waals surface area contributed by atoms with Crippen LogP contribution in [-0.2, 0) is 10.0 Å². The van der Waals surface area contributed by atoms with Crippen molar-refractivity contribution >= 4 is 10.0 Å². The molecule has 0 unspecified atom stereocenters. The zero-order valence-electron chi connectivity index (χ0n) is 12.0. The molecule has 0 aliphatic heterocycles. The van der Waals surface area contributed by atoms with E-state index in [1.807, 2.05) is 0 Å². The van der Waals surface area contributed by atoms with E-state index in [0.29, 0.717) is 5.75 Å². The minimum atomic E-state index is -3.60. The molecule has 0 fully saturated rings. The molecule has 0 radical (unpaired) electrons. The molecule has 0 saturated heterocycles. The molecule has 0 aliphatic rings. The standard InChI is InChI=1S/C13H21NO4S/c1-10-8-11(6-7-12(10)18-5)19(16,17)14(4)9-13(2,3)15/h6-8,15H,9H2,1-5H3. The number of hydrogen-bond donors (Lipinski definition) is 1. The first kappa shape index (κ1) is 15.9. The van der Waals surface area contributed by atoms with E-state index in [-0.39, 0.29) is 11.4 Å². The summed E-state index contributed by atoms with van der Waals surface area (Å²) in [6.07, 6.45) is 0. The number of sulfonamides is 1. The van der Waals surface area contributed by atoms with E-state index in [2.05, 4.69) is 0 Å². The third-order valence-corrected chi connectivity index (χ3v) is 4.48. The summed E-state index contributed by atoms with van der Waals surface area (Å²) in [6, 6.07) is 4.69. The summed E-state index contributed by atoms with van der Waals surface area (Å²) >= 11 is 0. The smallest absolute Gasteiger partial charge is 0.242 e. The Morgan fingerprint density at radius 1 is 1.37 bits per heavy atom. The number of hydrogen-bond acceptors (Lipinski definition) is 4. The molecular weight excluding hydrogens is 266 g/mol. The van der Waals surface area contributed by atoms with Crippen LogP contribution in [0.5, 0.6) is 5.75 Å². The molecule has 0 aromatic heterocycles. The molecule has 6 heteroatoms. The van der Waals surface area contributed by atoms with Gasteiger partial charge in [0.05, 0.1) is 17.6 Å². The van der Waals surface area contributed by atoms with Gasteiger partial charge >= 0.3 is 0 Å². The van der Waals surface area contributed by atoms with Gasteiger partial charge in [0.1, 0.15) is 5.75 Å². The van der Waals surface area contributed by atoms with Gasteiger partial charge in [0, 0.05) is 13.6 Å². The predicted molar refractivity (Wildman–Crippen MR) is 73.8 cm³/mol. The van der Waals surface area contributed by atoms with Gasteiger partial charge in [0.2, 0.25) is 10.0 Å². The second-order valence-corrected chi connectivity index (χ2v) is 7.25. The minimum absolute atomic E-state index is 0.0282. The number of nitrogens with zero attached hydrogens (tertiary/aromatic N) is 1. The van der Waals surface area contributed by atoms with Gasteiger partial charge in [-0.25, -0.2) is 8.42 Å². The molecule has 1 rings (SSSR count). The number of ether oxygens (including phenoxy) is 1. The fourth-order valence-electron chi connectivity index (χ4n) is 1.82.